The van der Waals surface area contributed by atoms with Crippen molar-refractivity contribution in [3.63, 3.8) is 0 Å². The van der Waals surface area contributed by atoms with Crippen LogP contribution in [0.1, 0.15) is 25.0 Å². The van der Waals surface area contributed by atoms with Crippen molar-refractivity contribution in [1.82, 2.24) is 5.32 Å². The van der Waals surface area contributed by atoms with Gasteiger partial charge in [-0.25, -0.2) is 0 Å². The first-order valence-corrected chi connectivity index (χ1v) is 7.08. The lowest BCUT2D eigenvalue weighted by molar-refractivity contribution is 0.358. The minimum atomic E-state index is 0.638. The number of nitrogens with one attached hydrogen (secondary N) is 1. The van der Waals surface area contributed by atoms with Crippen molar-refractivity contribution in [3.05, 3.63) is 24.2 Å². The van der Waals surface area contributed by atoms with Gasteiger partial charge in [0, 0.05) is 12.5 Å². The number of rotatable bonds is 4. The predicted molar refractivity (Wildman–Crippen MR) is 66.6 cm³/mol. The molecule has 1 heterocycles. The van der Waals surface area contributed by atoms with Gasteiger partial charge in [-0.1, -0.05) is 0 Å². The van der Waals surface area contributed by atoms with Crippen LogP contribution in [0.25, 0.3) is 0 Å². The normalized spacial score (nSPS) is 43.7. The zero-order valence-electron chi connectivity index (χ0n) is 10.4. The molecule has 2 bridgehead atoms. The second-order valence-corrected chi connectivity index (χ2v) is 6.24. The molecule has 0 spiro atoms. The van der Waals surface area contributed by atoms with Crippen LogP contribution in [0.5, 0.6) is 0 Å². The summed E-state index contributed by atoms with van der Waals surface area (Å²) in [6, 6.07) is 4.75. The third kappa shape index (κ3) is 1.43. The Morgan fingerprint density at radius 1 is 1.35 bits per heavy atom. The second kappa shape index (κ2) is 3.61. The van der Waals surface area contributed by atoms with E-state index in [0.717, 1.165) is 41.8 Å². The lowest BCUT2D eigenvalue weighted by atomic mass is 9.95. The summed E-state index contributed by atoms with van der Waals surface area (Å²) in [5.74, 6) is 6.34. The SMILES string of the molecule is CNC(Cc1ccco1)C1C2C3CCC(C3)C21. The molecule has 17 heavy (non-hydrogen) atoms. The Kier molecular flexibility index (Phi) is 2.17. The molecule has 0 aromatic carbocycles. The minimum absolute atomic E-state index is 0.638. The Balaban J connectivity index is 1.48. The lowest BCUT2D eigenvalue weighted by Crippen LogP contribution is -2.32. The standard InChI is InChI=1S/C15H21NO/c1-16-12(8-11-3-2-6-17-11)15-13-9-4-5-10(7-9)14(13)15/h2-3,6,9-10,12-16H,4-5,7-8H2,1H3. The molecule has 3 aliphatic carbocycles. The maximum absolute atomic E-state index is 5.50. The first kappa shape index (κ1) is 10.2. The summed E-state index contributed by atoms with van der Waals surface area (Å²) in [6.45, 7) is 0. The molecule has 3 saturated carbocycles. The molecule has 3 aliphatic rings. The number of furan rings is 1. The van der Waals surface area contributed by atoms with Gasteiger partial charge in [-0.2, -0.15) is 0 Å². The third-order valence-corrected chi connectivity index (χ3v) is 5.63. The van der Waals surface area contributed by atoms with E-state index >= 15 is 0 Å². The molecule has 92 valence electrons. The number of hydrogen-bond donors (Lipinski definition) is 1. The number of likely N-dealkylation sites (N-methyl/N-ethyl adjacent to an activating group) is 1. The maximum Gasteiger partial charge on any atom is 0.105 e. The van der Waals surface area contributed by atoms with E-state index in [1.807, 2.05) is 6.07 Å². The summed E-state index contributed by atoms with van der Waals surface area (Å²) in [5, 5.41) is 3.54. The highest BCUT2D eigenvalue weighted by atomic mass is 16.3. The van der Waals surface area contributed by atoms with Gasteiger partial charge in [-0.15, -0.1) is 0 Å². The lowest BCUT2D eigenvalue weighted by Gasteiger charge is -2.18. The van der Waals surface area contributed by atoms with E-state index in [4.69, 9.17) is 4.42 Å². The van der Waals surface area contributed by atoms with Crippen molar-refractivity contribution >= 4 is 0 Å². The van der Waals surface area contributed by atoms with E-state index in [-0.39, 0.29) is 0 Å². The van der Waals surface area contributed by atoms with Gasteiger partial charge in [0.2, 0.25) is 0 Å². The van der Waals surface area contributed by atoms with Crippen molar-refractivity contribution in [2.24, 2.45) is 29.6 Å². The molecule has 0 saturated heterocycles. The smallest absolute Gasteiger partial charge is 0.105 e. The van der Waals surface area contributed by atoms with Crippen LogP contribution in [-0.2, 0) is 6.42 Å². The molecular weight excluding hydrogens is 210 g/mol. The zero-order chi connectivity index (χ0) is 11.4. The van der Waals surface area contributed by atoms with Crippen molar-refractivity contribution in [2.45, 2.75) is 31.7 Å². The molecule has 3 fully saturated rings. The largest absolute Gasteiger partial charge is 0.469 e. The predicted octanol–water partition coefficient (Wildman–Crippen LogP) is 2.70. The van der Waals surface area contributed by atoms with Crippen molar-refractivity contribution in [1.29, 1.82) is 0 Å². The molecule has 0 aliphatic heterocycles. The fourth-order valence-electron chi connectivity index (χ4n) is 5.01. The van der Waals surface area contributed by atoms with Gasteiger partial charge >= 0.3 is 0 Å². The van der Waals surface area contributed by atoms with E-state index in [9.17, 15) is 0 Å². The summed E-state index contributed by atoms with van der Waals surface area (Å²) in [4.78, 5) is 0. The highest BCUT2D eigenvalue weighted by Gasteiger charge is 2.66. The van der Waals surface area contributed by atoms with Crippen LogP contribution in [0.3, 0.4) is 0 Å². The molecule has 1 aromatic heterocycles. The summed E-state index contributed by atoms with van der Waals surface area (Å²) in [6.07, 6.45) is 7.43. The van der Waals surface area contributed by atoms with Gasteiger partial charge in [-0.05, 0) is 68.0 Å². The molecule has 5 unspecified atom stereocenters. The Bertz CT molecular complexity index is 383. The van der Waals surface area contributed by atoms with E-state index in [0.29, 0.717) is 6.04 Å². The summed E-state index contributed by atoms with van der Waals surface area (Å²) in [7, 11) is 2.11. The number of hydrogen-bond acceptors (Lipinski definition) is 2. The molecule has 0 radical (unpaired) electrons. The van der Waals surface area contributed by atoms with E-state index in [2.05, 4.69) is 18.4 Å². The van der Waals surface area contributed by atoms with Crippen LogP contribution in [0, 0.1) is 29.6 Å². The average Bonchev–Trinajstić information content (AvgIpc) is 2.82. The van der Waals surface area contributed by atoms with Gasteiger partial charge < -0.3 is 9.73 Å². The molecule has 2 heteroatoms. The quantitative estimate of drug-likeness (QED) is 0.862. The van der Waals surface area contributed by atoms with Gasteiger partial charge in [-0.3, -0.25) is 0 Å². The van der Waals surface area contributed by atoms with Crippen LogP contribution in [0.2, 0.25) is 0 Å². The summed E-state index contributed by atoms with van der Waals surface area (Å²) < 4.78 is 5.50. The fraction of sp³-hybridized carbons (Fsp3) is 0.733. The zero-order valence-corrected chi connectivity index (χ0v) is 10.4. The van der Waals surface area contributed by atoms with Gasteiger partial charge in [0.25, 0.3) is 0 Å². The second-order valence-electron chi connectivity index (χ2n) is 6.24. The Morgan fingerprint density at radius 2 is 2.12 bits per heavy atom. The van der Waals surface area contributed by atoms with Gasteiger partial charge in [0.1, 0.15) is 5.76 Å². The van der Waals surface area contributed by atoms with Crippen LogP contribution < -0.4 is 5.32 Å². The van der Waals surface area contributed by atoms with Crippen LogP contribution in [0.4, 0.5) is 0 Å². The molecular formula is C15H21NO. The van der Waals surface area contributed by atoms with Crippen molar-refractivity contribution in [3.8, 4) is 0 Å². The van der Waals surface area contributed by atoms with Crippen LogP contribution in [0.15, 0.2) is 22.8 Å². The van der Waals surface area contributed by atoms with Crippen molar-refractivity contribution in [2.75, 3.05) is 7.05 Å². The molecule has 1 N–H and O–H groups in total. The van der Waals surface area contributed by atoms with Crippen LogP contribution >= 0.6 is 0 Å². The number of fused-ring (bicyclic) bond motifs is 5. The third-order valence-electron chi connectivity index (χ3n) is 5.63. The average molecular weight is 231 g/mol. The minimum Gasteiger partial charge on any atom is -0.469 e. The maximum atomic E-state index is 5.50. The highest BCUT2D eigenvalue weighted by molar-refractivity contribution is 5.17. The van der Waals surface area contributed by atoms with E-state index in [1.165, 1.54) is 12.8 Å². The summed E-state index contributed by atoms with van der Waals surface area (Å²) in [5.41, 5.74) is 0. The monoisotopic (exact) mass is 231 g/mol. The Hall–Kier alpha value is -0.760. The molecule has 5 atom stereocenters. The first-order chi connectivity index (χ1) is 8.38. The summed E-state index contributed by atoms with van der Waals surface area (Å²) >= 11 is 0. The fourth-order valence-corrected chi connectivity index (χ4v) is 5.01. The molecule has 1 aromatic rings. The molecule has 0 amide bonds. The van der Waals surface area contributed by atoms with E-state index < -0.39 is 0 Å². The Morgan fingerprint density at radius 3 is 2.71 bits per heavy atom. The molecule has 2 nitrogen and oxygen atoms in total. The topological polar surface area (TPSA) is 25.2 Å². The highest BCUT2D eigenvalue weighted by Crippen LogP contribution is 2.70. The van der Waals surface area contributed by atoms with Crippen molar-refractivity contribution < 1.29 is 4.42 Å². The molecule has 4 rings (SSSR count). The Labute approximate surface area is 103 Å². The van der Waals surface area contributed by atoms with Gasteiger partial charge in [0.15, 0.2) is 0 Å². The van der Waals surface area contributed by atoms with E-state index in [1.54, 1.807) is 12.7 Å². The van der Waals surface area contributed by atoms with Crippen LogP contribution in [-0.4, -0.2) is 13.1 Å². The first-order valence-electron chi connectivity index (χ1n) is 7.08. The van der Waals surface area contributed by atoms with Gasteiger partial charge in [0.05, 0.1) is 6.26 Å².